The molecule has 1 fully saturated rings. The Morgan fingerprint density at radius 1 is 1.17 bits per heavy atom. The van der Waals surface area contributed by atoms with Crippen molar-refractivity contribution in [3.05, 3.63) is 41.1 Å². The van der Waals surface area contributed by atoms with Crippen LogP contribution in [0.3, 0.4) is 0 Å². The lowest BCUT2D eigenvalue weighted by Crippen LogP contribution is -2.37. The maximum atomic E-state index is 12.8. The van der Waals surface area contributed by atoms with Crippen LogP contribution in [0.2, 0.25) is 0 Å². The lowest BCUT2D eigenvalue weighted by molar-refractivity contribution is -0.137. The number of alkyl halides is 3. The predicted octanol–water partition coefficient (Wildman–Crippen LogP) is 4.33. The second-order valence-electron chi connectivity index (χ2n) is 8.28. The smallest absolute Gasteiger partial charge is 0.416 e. The van der Waals surface area contributed by atoms with E-state index in [2.05, 4.69) is 15.1 Å². The van der Waals surface area contributed by atoms with Crippen molar-refractivity contribution in [3.63, 3.8) is 0 Å². The molecule has 0 radical (unpaired) electrons. The number of aryl methyl sites for hydroxylation is 1. The molecule has 0 amide bonds. The number of aromatic hydroxyl groups is 1. The highest BCUT2D eigenvalue weighted by Gasteiger charge is 2.37. The van der Waals surface area contributed by atoms with Gasteiger partial charge in [0, 0.05) is 17.5 Å². The summed E-state index contributed by atoms with van der Waals surface area (Å²) in [6.07, 6.45) is -2.39. The van der Waals surface area contributed by atoms with E-state index in [-0.39, 0.29) is 16.7 Å². The minimum Gasteiger partial charge on any atom is -0.507 e. The Hall–Kier alpha value is -2.19. The van der Waals surface area contributed by atoms with Crippen molar-refractivity contribution < 1.29 is 23.4 Å². The average molecular weight is 409 g/mol. The van der Waals surface area contributed by atoms with Crippen LogP contribution in [0.1, 0.15) is 49.1 Å². The maximum Gasteiger partial charge on any atom is 0.416 e. The van der Waals surface area contributed by atoms with Gasteiger partial charge in [-0.2, -0.15) is 18.3 Å². The lowest BCUT2D eigenvalue weighted by Gasteiger charge is -2.35. The van der Waals surface area contributed by atoms with E-state index in [4.69, 9.17) is 0 Å². The van der Waals surface area contributed by atoms with E-state index in [0.29, 0.717) is 17.3 Å². The van der Waals surface area contributed by atoms with Crippen LogP contribution in [-0.4, -0.2) is 45.4 Å². The minimum atomic E-state index is -4.54. The van der Waals surface area contributed by atoms with Crippen LogP contribution < -0.4 is 0 Å². The number of rotatable bonds is 3. The Morgan fingerprint density at radius 2 is 1.90 bits per heavy atom. The summed E-state index contributed by atoms with van der Waals surface area (Å²) >= 11 is 0. The molecule has 2 N–H and O–H groups in total. The number of likely N-dealkylation sites (tertiary alicyclic amines) is 1. The van der Waals surface area contributed by atoms with E-state index >= 15 is 0 Å². The maximum absolute atomic E-state index is 12.8. The molecule has 0 spiro atoms. The first-order valence-corrected chi connectivity index (χ1v) is 9.63. The third kappa shape index (κ3) is 4.53. The standard InChI is InChI=1S/C21H26F3N3O2/c1-13-10-16(19(29)20(2)8-4-5-9-27(3)12-20)25-26-18(13)15-7-6-14(11-17(15)28)21(22,23)24/h6-7,10-11,19,28-29H,4-5,8-9,12H2,1-3H3/t19-,20+/m0/s1. The number of aromatic nitrogens is 2. The van der Waals surface area contributed by atoms with Gasteiger partial charge in [-0.3, -0.25) is 0 Å². The molecule has 2 atom stereocenters. The average Bonchev–Trinajstić information content (AvgIpc) is 2.81. The monoisotopic (exact) mass is 409 g/mol. The van der Waals surface area contributed by atoms with Gasteiger partial charge in [-0.25, -0.2) is 0 Å². The molecule has 0 bridgehead atoms. The highest BCUT2D eigenvalue weighted by atomic mass is 19.4. The van der Waals surface area contributed by atoms with Crippen molar-refractivity contribution in [2.45, 2.75) is 45.4 Å². The Kier molecular flexibility index (Phi) is 5.87. The fourth-order valence-corrected chi connectivity index (χ4v) is 4.08. The van der Waals surface area contributed by atoms with Gasteiger partial charge in [-0.1, -0.05) is 13.3 Å². The number of nitrogens with zero attached hydrogens (tertiary/aromatic N) is 3. The molecule has 8 heteroatoms. The summed E-state index contributed by atoms with van der Waals surface area (Å²) in [5, 5.41) is 29.4. The van der Waals surface area contributed by atoms with Crippen molar-refractivity contribution in [2.75, 3.05) is 20.1 Å². The molecule has 29 heavy (non-hydrogen) atoms. The zero-order chi connectivity index (χ0) is 21.4. The quantitative estimate of drug-likeness (QED) is 0.790. The Bertz CT molecular complexity index is 888. The Balaban J connectivity index is 1.91. The van der Waals surface area contributed by atoms with E-state index in [1.807, 2.05) is 14.0 Å². The second-order valence-corrected chi connectivity index (χ2v) is 8.28. The van der Waals surface area contributed by atoms with Gasteiger partial charge >= 0.3 is 6.18 Å². The van der Waals surface area contributed by atoms with Gasteiger partial charge < -0.3 is 15.1 Å². The first-order chi connectivity index (χ1) is 13.5. The zero-order valence-corrected chi connectivity index (χ0v) is 16.8. The Labute approximate surface area is 168 Å². The number of aliphatic hydroxyl groups is 1. The molecule has 1 aromatic heterocycles. The molecule has 0 unspecified atom stereocenters. The van der Waals surface area contributed by atoms with Crippen LogP contribution in [0.15, 0.2) is 24.3 Å². The minimum absolute atomic E-state index is 0.171. The van der Waals surface area contributed by atoms with Crippen molar-refractivity contribution in [1.29, 1.82) is 0 Å². The highest BCUT2D eigenvalue weighted by Crippen LogP contribution is 2.41. The third-order valence-corrected chi connectivity index (χ3v) is 5.69. The topological polar surface area (TPSA) is 69.5 Å². The molecule has 2 aromatic rings. The van der Waals surface area contributed by atoms with Crippen LogP contribution in [0, 0.1) is 12.3 Å². The van der Waals surface area contributed by atoms with E-state index in [1.165, 1.54) is 6.07 Å². The van der Waals surface area contributed by atoms with Crippen LogP contribution >= 0.6 is 0 Å². The normalized spacial score (nSPS) is 22.3. The Morgan fingerprint density at radius 3 is 2.52 bits per heavy atom. The van der Waals surface area contributed by atoms with Gasteiger partial charge in [0.05, 0.1) is 17.0 Å². The van der Waals surface area contributed by atoms with Crippen LogP contribution in [-0.2, 0) is 6.18 Å². The molecule has 158 valence electrons. The summed E-state index contributed by atoms with van der Waals surface area (Å²) in [6, 6.07) is 4.47. The van der Waals surface area contributed by atoms with E-state index in [1.54, 1.807) is 13.0 Å². The van der Waals surface area contributed by atoms with E-state index in [0.717, 1.165) is 38.4 Å². The molecular weight excluding hydrogens is 383 g/mol. The summed E-state index contributed by atoms with van der Waals surface area (Å²) in [6.45, 7) is 5.49. The first-order valence-electron chi connectivity index (χ1n) is 9.63. The SMILES string of the molecule is Cc1cc([C@H](O)[C@]2(C)CCCCN(C)C2)nnc1-c1ccc(C(F)(F)F)cc1O. The third-order valence-electron chi connectivity index (χ3n) is 5.69. The fraction of sp³-hybridized carbons (Fsp3) is 0.524. The summed E-state index contributed by atoms with van der Waals surface area (Å²) in [7, 11) is 2.03. The van der Waals surface area contributed by atoms with Gasteiger partial charge in [0.1, 0.15) is 11.9 Å². The van der Waals surface area contributed by atoms with Crippen molar-refractivity contribution >= 4 is 0 Å². The molecule has 3 rings (SSSR count). The van der Waals surface area contributed by atoms with Crippen LogP contribution in [0.4, 0.5) is 13.2 Å². The van der Waals surface area contributed by atoms with Crippen molar-refractivity contribution in [2.24, 2.45) is 5.41 Å². The lowest BCUT2D eigenvalue weighted by atomic mass is 9.78. The zero-order valence-electron chi connectivity index (χ0n) is 16.8. The fourth-order valence-electron chi connectivity index (χ4n) is 4.08. The number of aliphatic hydroxyl groups excluding tert-OH is 1. The number of halogens is 3. The first kappa shape index (κ1) is 21.5. The molecular formula is C21H26F3N3O2. The molecule has 1 aliphatic rings. The number of hydrogen-bond acceptors (Lipinski definition) is 5. The molecule has 0 aliphatic carbocycles. The van der Waals surface area contributed by atoms with Gasteiger partial charge in [0.2, 0.25) is 0 Å². The summed E-state index contributed by atoms with van der Waals surface area (Å²) < 4.78 is 38.5. The van der Waals surface area contributed by atoms with Gasteiger partial charge in [0.15, 0.2) is 0 Å². The summed E-state index contributed by atoms with van der Waals surface area (Å²) in [5.41, 5.74) is 0.205. The van der Waals surface area contributed by atoms with Gasteiger partial charge in [0.25, 0.3) is 0 Å². The van der Waals surface area contributed by atoms with Crippen LogP contribution in [0.5, 0.6) is 5.75 Å². The second kappa shape index (κ2) is 7.91. The molecule has 1 saturated heterocycles. The predicted molar refractivity (Wildman–Crippen MR) is 103 cm³/mol. The number of benzene rings is 1. The number of phenolic OH excluding ortho intramolecular Hbond substituents is 1. The molecule has 1 aromatic carbocycles. The highest BCUT2D eigenvalue weighted by molar-refractivity contribution is 5.69. The molecule has 2 heterocycles. The van der Waals surface area contributed by atoms with Crippen molar-refractivity contribution in [1.82, 2.24) is 15.1 Å². The summed E-state index contributed by atoms with van der Waals surface area (Å²) in [5.74, 6) is -0.511. The largest absolute Gasteiger partial charge is 0.507 e. The van der Waals surface area contributed by atoms with Gasteiger partial charge in [-0.05, 0) is 63.2 Å². The molecule has 1 aliphatic heterocycles. The van der Waals surface area contributed by atoms with E-state index < -0.39 is 23.6 Å². The molecule has 5 nitrogen and oxygen atoms in total. The van der Waals surface area contributed by atoms with E-state index in [9.17, 15) is 23.4 Å². The number of hydrogen-bond donors (Lipinski definition) is 2. The summed E-state index contributed by atoms with van der Waals surface area (Å²) in [4.78, 5) is 2.20. The van der Waals surface area contributed by atoms with Crippen LogP contribution in [0.25, 0.3) is 11.3 Å². The number of phenols is 1. The molecule has 0 saturated carbocycles. The van der Waals surface area contributed by atoms with Gasteiger partial charge in [-0.15, -0.1) is 5.10 Å². The van der Waals surface area contributed by atoms with Crippen molar-refractivity contribution in [3.8, 4) is 17.0 Å².